The van der Waals surface area contributed by atoms with Crippen LogP contribution < -0.4 is 11.5 Å². The molecule has 0 saturated carbocycles. The molecule has 0 aromatic heterocycles. The summed E-state index contributed by atoms with van der Waals surface area (Å²) < 4.78 is 0. The minimum Gasteiger partial charge on any atom is -0.328 e. The van der Waals surface area contributed by atoms with E-state index in [1.54, 1.807) is 0 Å². The summed E-state index contributed by atoms with van der Waals surface area (Å²) >= 11 is 0. The minimum absolute atomic E-state index is 0.404. The molecule has 4 N–H and O–H groups in total. The number of nitrogens with two attached hydrogens (primary N) is 2. The average Bonchev–Trinajstić information content (AvgIpc) is 2.31. The van der Waals surface area contributed by atoms with E-state index in [9.17, 15) is 0 Å². The van der Waals surface area contributed by atoms with E-state index in [0.717, 1.165) is 0 Å². The van der Waals surface area contributed by atoms with Gasteiger partial charge in [0.05, 0.1) is 0 Å². The summed E-state index contributed by atoms with van der Waals surface area (Å²) in [6.07, 6.45) is 13.1. The highest BCUT2D eigenvalue weighted by atomic mass is 14.6. The molecule has 0 radical (unpaired) electrons. The SMILES string of the molecule is CCCCCCC(C)N.CCCCCCC(C)N. The zero-order valence-corrected chi connectivity index (χ0v) is 13.4. The molecule has 2 heteroatoms. The summed E-state index contributed by atoms with van der Waals surface area (Å²) in [5, 5.41) is 0. The quantitative estimate of drug-likeness (QED) is 0.562. The molecule has 2 nitrogen and oxygen atoms in total. The molecule has 0 aromatic rings. The van der Waals surface area contributed by atoms with Crippen molar-refractivity contribution in [3.63, 3.8) is 0 Å². The van der Waals surface area contributed by atoms with Crippen LogP contribution in [0.25, 0.3) is 0 Å². The normalized spacial score (nSPS) is 13.7. The molecule has 0 bridgehead atoms. The molecule has 112 valence electrons. The maximum absolute atomic E-state index is 5.57. The maximum atomic E-state index is 5.57. The van der Waals surface area contributed by atoms with Crippen LogP contribution in [0.5, 0.6) is 0 Å². The van der Waals surface area contributed by atoms with E-state index in [0.29, 0.717) is 12.1 Å². The molecule has 0 aliphatic carbocycles. The van der Waals surface area contributed by atoms with Crippen molar-refractivity contribution in [1.82, 2.24) is 0 Å². The monoisotopic (exact) mass is 258 g/mol. The van der Waals surface area contributed by atoms with E-state index in [2.05, 4.69) is 27.7 Å². The van der Waals surface area contributed by atoms with Crippen molar-refractivity contribution in [2.45, 2.75) is 104 Å². The van der Waals surface area contributed by atoms with Gasteiger partial charge in [0, 0.05) is 12.1 Å². The third kappa shape index (κ3) is 24.9. The lowest BCUT2D eigenvalue weighted by Crippen LogP contribution is -2.13. The molecule has 2 unspecified atom stereocenters. The van der Waals surface area contributed by atoms with Gasteiger partial charge in [0.2, 0.25) is 0 Å². The Morgan fingerprint density at radius 3 is 1.17 bits per heavy atom. The van der Waals surface area contributed by atoms with Crippen LogP contribution in [0.1, 0.15) is 91.9 Å². The van der Waals surface area contributed by atoms with Crippen molar-refractivity contribution in [3.8, 4) is 0 Å². The molecular formula is C16H38N2. The average molecular weight is 258 g/mol. The van der Waals surface area contributed by atoms with Crippen molar-refractivity contribution in [2.24, 2.45) is 11.5 Å². The molecule has 0 amide bonds. The van der Waals surface area contributed by atoms with Crippen LogP contribution in [0, 0.1) is 0 Å². The molecule has 0 spiro atoms. The molecule has 0 rings (SSSR count). The summed E-state index contributed by atoms with van der Waals surface area (Å²) in [7, 11) is 0. The first-order chi connectivity index (χ1) is 8.54. The summed E-state index contributed by atoms with van der Waals surface area (Å²) in [5.41, 5.74) is 11.1. The number of unbranched alkanes of at least 4 members (excludes halogenated alkanes) is 6. The Morgan fingerprint density at radius 1 is 0.611 bits per heavy atom. The molecule has 0 heterocycles. The third-order valence-electron chi connectivity index (χ3n) is 3.03. The molecule has 0 saturated heterocycles. The molecule has 0 fully saturated rings. The maximum Gasteiger partial charge on any atom is 0.00104 e. The second-order valence-corrected chi connectivity index (χ2v) is 5.65. The topological polar surface area (TPSA) is 52.0 Å². The molecule has 0 aliphatic rings. The van der Waals surface area contributed by atoms with Gasteiger partial charge in [-0.25, -0.2) is 0 Å². The molecule has 2 atom stereocenters. The van der Waals surface area contributed by atoms with E-state index in [1.807, 2.05) is 0 Å². The smallest absolute Gasteiger partial charge is 0.00104 e. The van der Waals surface area contributed by atoms with Crippen LogP contribution in [0.3, 0.4) is 0 Å². The summed E-state index contributed by atoms with van der Waals surface area (Å²) in [5.74, 6) is 0. The van der Waals surface area contributed by atoms with Gasteiger partial charge >= 0.3 is 0 Å². The van der Waals surface area contributed by atoms with Crippen LogP contribution in [0.4, 0.5) is 0 Å². The Bertz CT molecular complexity index is 117. The second kappa shape index (κ2) is 16.9. The predicted molar refractivity (Wildman–Crippen MR) is 84.8 cm³/mol. The Labute approximate surface area is 116 Å². The fourth-order valence-electron chi connectivity index (χ4n) is 1.79. The van der Waals surface area contributed by atoms with Gasteiger partial charge in [-0.3, -0.25) is 0 Å². The van der Waals surface area contributed by atoms with E-state index in [1.165, 1.54) is 64.2 Å². The van der Waals surface area contributed by atoms with Gasteiger partial charge in [-0.15, -0.1) is 0 Å². The molecule has 0 aliphatic heterocycles. The fraction of sp³-hybridized carbons (Fsp3) is 1.00. The Balaban J connectivity index is 0. The first-order valence-corrected chi connectivity index (χ1v) is 8.05. The van der Waals surface area contributed by atoms with E-state index in [4.69, 9.17) is 11.5 Å². The summed E-state index contributed by atoms with van der Waals surface area (Å²) in [6, 6.07) is 0.809. The highest BCUT2D eigenvalue weighted by Crippen LogP contribution is 2.03. The Morgan fingerprint density at radius 2 is 0.944 bits per heavy atom. The van der Waals surface area contributed by atoms with Crippen molar-refractivity contribution >= 4 is 0 Å². The van der Waals surface area contributed by atoms with Crippen LogP contribution >= 0.6 is 0 Å². The van der Waals surface area contributed by atoms with Gasteiger partial charge in [-0.2, -0.15) is 0 Å². The third-order valence-corrected chi connectivity index (χ3v) is 3.03. The van der Waals surface area contributed by atoms with Gasteiger partial charge < -0.3 is 11.5 Å². The van der Waals surface area contributed by atoms with Crippen LogP contribution in [0.2, 0.25) is 0 Å². The van der Waals surface area contributed by atoms with Crippen molar-refractivity contribution < 1.29 is 0 Å². The van der Waals surface area contributed by atoms with E-state index < -0.39 is 0 Å². The zero-order valence-electron chi connectivity index (χ0n) is 13.4. The number of hydrogen-bond donors (Lipinski definition) is 2. The largest absolute Gasteiger partial charge is 0.328 e. The van der Waals surface area contributed by atoms with E-state index in [-0.39, 0.29) is 0 Å². The highest BCUT2D eigenvalue weighted by molar-refractivity contribution is 4.52. The lowest BCUT2D eigenvalue weighted by Gasteiger charge is -2.02. The number of rotatable bonds is 10. The lowest BCUT2D eigenvalue weighted by atomic mass is 10.1. The first-order valence-electron chi connectivity index (χ1n) is 8.05. The van der Waals surface area contributed by atoms with Gasteiger partial charge in [0.25, 0.3) is 0 Å². The van der Waals surface area contributed by atoms with Gasteiger partial charge in [0.15, 0.2) is 0 Å². The molecule has 0 aromatic carbocycles. The fourth-order valence-corrected chi connectivity index (χ4v) is 1.79. The minimum atomic E-state index is 0.404. The lowest BCUT2D eigenvalue weighted by molar-refractivity contribution is 0.575. The van der Waals surface area contributed by atoms with Gasteiger partial charge in [-0.1, -0.05) is 65.2 Å². The predicted octanol–water partition coefficient (Wildman–Crippen LogP) is 4.61. The van der Waals surface area contributed by atoms with Gasteiger partial charge in [0.1, 0.15) is 0 Å². The number of hydrogen-bond acceptors (Lipinski definition) is 2. The standard InChI is InChI=1S/2C8H19N/c2*1-3-4-5-6-7-8(2)9/h2*8H,3-7,9H2,1-2H3. The summed E-state index contributed by atoms with van der Waals surface area (Å²) in [4.78, 5) is 0. The van der Waals surface area contributed by atoms with Crippen LogP contribution in [-0.2, 0) is 0 Å². The molecular weight excluding hydrogens is 220 g/mol. The summed E-state index contributed by atoms with van der Waals surface area (Å²) in [6.45, 7) is 8.61. The second-order valence-electron chi connectivity index (χ2n) is 5.65. The van der Waals surface area contributed by atoms with Crippen molar-refractivity contribution in [1.29, 1.82) is 0 Å². The van der Waals surface area contributed by atoms with Crippen LogP contribution in [0.15, 0.2) is 0 Å². The Hall–Kier alpha value is -0.0800. The van der Waals surface area contributed by atoms with Gasteiger partial charge in [-0.05, 0) is 26.7 Å². The van der Waals surface area contributed by atoms with Crippen LogP contribution in [-0.4, -0.2) is 12.1 Å². The van der Waals surface area contributed by atoms with Crippen molar-refractivity contribution in [3.05, 3.63) is 0 Å². The molecule has 18 heavy (non-hydrogen) atoms. The highest BCUT2D eigenvalue weighted by Gasteiger charge is 1.92. The van der Waals surface area contributed by atoms with Crippen molar-refractivity contribution in [2.75, 3.05) is 0 Å². The zero-order chi connectivity index (χ0) is 14.2. The Kier molecular flexibility index (Phi) is 19.0. The van der Waals surface area contributed by atoms with E-state index >= 15 is 0 Å². The first kappa shape index (κ1) is 20.2.